The van der Waals surface area contributed by atoms with Crippen LogP contribution in [-0.4, -0.2) is 67.3 Å². The van der Waals surface area contributed by atoms with Crippen LogP contribution in [0, 0.1) is 5.92 Å². The Hall–Kier alpha value is -3.58. The minimum Gasteiger partial charge on any atom is -1.00 e. The molecule has 0 amide bonds. The quantitative estimate of drug-likeness (QED) is 0.163. The Bertz CT molecular complexity index is 1540. The molecule has 0 aliphatic carbocycles. The van der Waals surface area contributed by atoms with E-state index < -0.39 is 11.5 Å². The first-order chi connectivity index (χ1) is 19.0. The molecule has 1 atom stereocenters. The van der Waals surface area contributed by atoms with Gasteiger partial charge in [0.05, 0.1) is 18.4 Å². The van der Waals surface area contributed by atoms with Crippen LogP contribution in [-0.2, 0) is 7.05 Å². The zero-order chi connectivity index (χ0) is 27.0. The maximum atomic E-state index is 14.3. The molecule has 202 valence electrons. The standard InChI is InChI=1S/C27H28N8O4.Na.H/c1-3-38-19-13-16(12-17(14-19)26-31-33-34-32-26)24(36)23-25(37)20-15-18(30-22-6-9-29-35(22)2)4-5-21(20)39-27(23)7-10-28-11-8-27;;/h4-6,9,12-15,23,28,30H,3,7-8,10-11H2,1-2H3,(H,31,32,33,34);;/q;+1;-1/t23-;;/m1../s1. The van der Waals surface area contributed by atoms with Gasteiger partial charge in [0, 0.05) is 42.8 Å². The van der Waals surface area contributed by atoms with Crippen LogP contribution in [0.4, 0.5) is 11.5 Å². The van der Waals surface area contributed by atoms with Crippen LogP contribution in [0.2, 0.25) is 0 Å². The Morgan fingerprint density at radius 2 is 2.05 bits per heavy atom. The van der Waals surface area contributed by atoms with Crippen molar-refractivity contribution in [1.29, 1.82) is 0 Å². The molecule has 1 saturated heterocycles. The van der Waals surface area contributed by atoms with Gasteiger partial charge in [-0.15, -0.1) is 10.2 Å². The molecule has 2 aromatic heterocycles. The zero-order valence-electron chi connectivity index (χ0n) is 23.6. The van der Waals surface area contributed by atoms with Gasteiger partial charge < -0.3 is 21.5 Å². The average molecular weight is 553 g/mol. The Balaban J connectivity index is 0.00000194. The maximum absolute atomic E-state index is 14.3. The summed E-state index contributed by atoms with van der Waals surface area (Å²) in [6, 6.07) is 12.3. The number of tetrazole rings is 1. The molecule has 12 nitrogen and oxygen atoms in total. The molecular weight excluding hydrogens is 523 g/mol. The molecule has 1 fully saturated rings. The molecule has 40 heavy (non-hydrogen) atoms. The molecule has 6 rings (SSSR count). The van der Waals surface area contributed by atoms with Gasteiger partial charge in [-0.25, -0.2) is 0 Å². The van der Waals surface area contributed by atoms with Crippen molar-refractivity contribution < 1.29 is 50.0 Å². The number of aromatic nitrogens is 6. The number of hydrogen-bond donors (Lipinski definition) is 3. The number of aromatic amines is 1. The second-order valence-corrected chi connectivity index (χ2v) is 9.67. The number of Topliss-reactive ketones (excluding diaryl/α,β-unsaturated/α-hetero) is 2. The zero-order valence-corrected chi connectivity index (χ0v) is 24.6. The number of carbonyl (C=O) groups is 2. The van der Waals surface area contributed by atoms with E-state index >= 15 is 0 Å². The van der Waals surface area contributed by atoms with E-state index in [0.29, 0.717) is 72.2 Å². The van der Waals surface area contributed by atoms with Crippen molar-refractivity contribution in [2.75, 3.05) is 25.0 Å². The topological polar surface area (TPSA) is 149 Å². The Kier molecular flexibility index (Phi) is 8.04. The number of piperidine rings is 1. The van der Waals surface area contributed by atoms with Gasteiger partial charge in [0.25, 0.3) is 0 Å². The molecule has 2 aliphatic rings. The Morgan fingerprint density at radius 3 is 2.75 bits per heavy atom. The molecule has 4 aromatic rings. The van der Waals surface area contributed by atoms with Crippen molar-refractivity contribution in [1.82, 2.24) is 35.7 Å². The first kappa shape index (κ1) is 28.0. The third-order valence-corrected chi connectivity index (χ3v) is 7.26. The SMILES string of the molecule is CCOc1cc(C(=O)[C@@H]2C(=O)c3cc(Nc4ccnn4C)ccc3OC23CCNCC3)cc(-c2nn[nH]n2)c1.[H-].[Na+]. The summed E-state index contributed by atoms with van der Waals surface area (Å²) in [5, 5.41) is 24.9. The van der Waals surface area contributed by atoms with E-state index in [4.69, 9.17) is 9.47 Å². The fourth-order valence-electron chi connectivity index (χ4n) is 5.38. The van der Waals surface area contributed by atoms with Gasteiger partial charge in [-0.1, -0.05) is 0 Å². The van der Waals surface area contributed by atoms with Gasteiger partial charge in [-0.2, -0.15) is 10.3 Å². The number of nitrogens with zero attached hydrogens (tertiary/aromatic N) is 5. The molecule has 0 bridgehead atoms. The van der Waals surface area contributed by atoms with Gasteiger partial charge in [0.1, 0.15) is 28.8 Å². The third-order valence-electron chi connectivity index (χ3n) is 7.26. The number of hydrogen-bond acceptors (Lipinski definition) is 10. The Labute approximate surface area is 254 Å². The van der Waals surface area contributed by atoms with Crippen LogP contribution >= 0.6 is 0 Å². The van der Waals surface area contributed by atoms with Crippen LogP contribution in [0.3, 0.4) is 0 Å². The minimum atomic E-state index is -1.03. The third kappa shape index (κ3) is 5.15. The average Bonchev–Trinajstić information content (AvgIpc) is 3.62. The smallest absolute Gasteiger partial charge is 1.00 e. The van der Waals surface area contributed by atoms with E-state index in [1.807, 2.05) is 26.1 Å². The molecule has 3 N–H and O–H groups in total. The number of anilines is 2. The summed E-state index contributed by atoms with van der Waals surface area (Å²) in [7, 11) is 1.82. The fraction of sp³-hybridized carbons (Fsp3) is 0.333. The number of nitrogens with one attached hydrogen (secondary N) is 3. The van der Waals surface area contributed by atoms with E-state index in [1.165, 1.54) is 0 Å². The fourth-order valence-corrected chi connectivity index (χ4v) is 5.38. The summed E-state index contributed by atoms with van der Waals surface area (Å²) in [5.41, 5.74) is 0.985. The largest absolute Gasteiger partial charge is 1.00 e. The molecule has 4 heterocycles. The molecule has 0 saturated carbocycles. The van der Waals surface area contributed by atoms with Gasteiger partial charge in [0.15, 0.2) is 11.6 Å². The second-order valence-electron chi connectivity index (χ2n) is 9.67. The van der Waals surface area contributed by atoms with Crippen LogP contribution < -0.4 is 49.7 Å². The van der Waals surface area contributed by atoms with E-state index in [1.54, 1.807) is 41.2 Å². The van der Waals surface area contributed by atoms with Crippen LogP contribution in [0.1, 0.15) is 41.9 Å². The molecule has 0 unspecified atom stereocenters. The molecule has 13 heteroatoms. The van der Waals surface area contributed by atoms with Crippen molar-refractivity contribution in [2.45, 2.75) is 25.4 Å². The number of H-pyrrole nitrogens is 1. The molecular formula is C27H29N8NaO4. The van der Waals surface area contributed by atoms with Crippen LogP contribution in [0.5, 0.6) is 11.5 Å². The first-order valence-corrected chi connectivity index (χ1v) is 12.9. The summed E-state index contributed by atoms with van der Waals surface area (Å²) in [5.74, 6) is 0.428. The number of ether oxygens (including phenoxy) is 2. The number of rotatable bonds is 7. The summed E-state index contributed by atoms with van der Waals surface area (Å²) >= 11 is 0. The van der Waals surface area contributed by atoms with Crippen molar-refractivity contribution in [3.05, 3.63) is 59.8 Å². The summed E-state index contributed by atoms with van der Waals surface area (Å²) in [4.78, 5) is 28.5. The number of carbonyl (C=O) groups excluding carboxylic acids is 2. The number of ketones is 2. The summed E-state index contributed by atoms with van der Waals surface area (Å²) in [6.07, 6.45) is 2.72. The van der Waals surface area contributed by atoms with Gasteiger partial charge >= 0.3 is 29.6 Å². The normalized spacial score (nSPS) is 17.4. The second kappa shape index (κ2) is 11.5. The molecule has 2 aliphatic heterocycles. The van der Waals surface area contributed by atoms with E-state index in [-0.39, 0.29) is 42.6 Å². The molecule has 1 spiro atoms. The van der Waals surface area contributed by atoms with Crippen molar-refractivity contribution in [2.24, 2.45) is 13.0 Å². The summed E-state index contributed by atoms with van der Waals surface area (Å²) in [6.45, 7) is 3.54. The monoisotopic (exact) mass is 552 g/mol. The van der Waals surface area contributed by atoms with Gasteiger partial charge in [0.2, 0.25) is 5.82 Å². The van der Waals surface area contributed by atoms with E-state index in [9.17, 15) is 9.59 Å². The van der Waals surface area contributed by atoms with Crippen molar-refractivity contribution >= 4 is 23.1 Å². The number of benzene rings is 2. The van der Waals surface area contributed by atoms with Crippen LogP contribution in [0.25, 0.3) is 11.4 Å². The van der Waals surface area contributed by atoms with Crippen molar-refractivity contribution in [3.8, 4) is 22.9 Å². The minimum absolute atomic E-state index is 0. The molecule has 0 radical (unpaired) electrons. The number of fused-ring (bicyclic) bond motifs is 1. The van der Waals surface area contributed by atoms with E-state index in [0.717, 1.165) is 5.82 Å². The number of aryl methyl sites for hydroxylation is 1. The van der Waals surface area contributed by atoms with Crippen molar-refractivity contribution in [3.63, 3.8) is 0 Å². The van der Waals surface area contributed by atoms with Gasteiger partial charge in [-0.3, -0.25) is 14.3 Å². The van der Waals surface area contributed by atoms with Crippen LogP contribution in [0.15, 0.2) is 48.7 Å². The predicted molar refractivity (Wildman–Crippen MR) is 142 cm³/mol. The Morgan fingerprint density at radius 1 is 1.23 bits per heavy atom. The van der Waals surface area contributed by atoms with E-state index in [2.05, 4.69) is 36.4 Å². The maximum Gasteiger partial charge on any atom is 1.00 e. The first-order valence-electron chi connectivity index (χ1n) is 12.9. The predicted octanol–water partition coefficient (Wildman–Crippen LogP) is 0.0554. The summed E-state index contributed by atoms with van der Waals surface area (Å²) < 4.78 is 14.0. The molecule has 2 aromatic carbocycles. The van der Waals surface area contributed by atoms with Gasteiger partial charge in [-0.05, 0) is 61.6 Å².